The highest BCUT2D eigenvalue weighted by molar-refractivity contribution is 5.95. The van der Waals surface area contributed by atoms with Crippen LogP contribution in [-0.2, 0) is 0 Å². The quantitative estimate of drug-likeness (QED) is 0.656. The third-order valence-corrected chi connectivity index (χ3v) is 7.69. The lowest BCUT2D eigenvalue weighted by Crippen LogP contribution is -2.52. The van der Waals surface area contributed by atoms with Gasteiger partial charge in [0.15, 0.2) is 0 Å². The van der Waals surface area contributed by atoms with Crippen LogP contribution in [0.5, 0.6) is 0 Å². The molecule has 5 heteroatoms. The molecular formula is C22H33N5. The van der Waals surface area contributed by atoms with Gasteiger partial charge in [0.1, 0.15) is 11.5 Å². The summed E-state index contributed by atoms with van der Waals surface area (Å²) >= 11 is 0. The molecule has 2 bridgehead atoms. The standard InChI is InChI=1S/C22H33N5/c1-20(2)15-11-12-21(20,3)17(13-15)25-18-14-22(4,23-5)27-19(26-18)24-16-9-7-6-8-10-16/h6-10,14-15,17,23,25H,11-13H2,1-5H3,(H2,24,26,27). The van der Waals surface area contributed by atoms with Crippen molar-refractivity contribution in [2.75, 3.05) is 12.4 Å². The van der Waals surface area contributed by atoms with Crippen LogP contribution in [0.2, 0.25) is 0 Å². The van der Waals surface area contributed by atoms with E-state index in [4.69, 9.17) is 4.99 Å². The fourth-order valence-electron chi connectivity index (χ4n) is 5.27. The summed E-state index contributed by atoms with van der Waals surface area (Å²) in [5, 5.41) is 14.0. The predicted molar refractivity (Wildman–Crippen MR) is 112 cm³/mol. The summed E-state index contributed by atoms with van der Waals surface area (Å²) in [5.41, 5.74) is 1.30. The minimum absolute atomic E-state index is 0.331. The maximum atomic E-state index is 4.81. The molecule has 3 aliphatic rings. The van der Waals surface area contributed by atoms with Crippen molar-refractivity contribution in [3.05, 3.63) is 42.2 Å². The topological polar surface area (TPSA) is 60.5 Å². The molecule has 0 aromatic heterocycles. The van der Waals surface area contributed by atoms with Crippen LogP contribution in [0.3, 0.4) is 0 Å². The van der Waals surface area contributed by atoms with Crippen molar-refractivity contribution in [1.29, 1.82) is 0 Å². The van der Waals surface area contributed by atoms with Crippen LogP contribution in [-0.4, -0.2) is 24.7 Å². The van der Waals surface area contributed by atoms with Crippen molar-refractivity contribution < 1.29 is 0 Å². The van der Waals surface area contributed by atoms with Gasteiger partial charge in [0, 0.05) is 11.7 Å². The van der Waals surface area contributed by atoms with Crippen molar-refractivity contribution in [1.82, 2.24) is 16.0 Å². The van der Waals surface area contributed by atoms with Crippen LogP contribution in [0.25, 0.3) is 0 Å². The van der Waals surface area contributed by atoms with Gasteiger partial charge in [-0.05, 0) is 68.2 Å². The number of para-hydroxylation sites is 1. The molecule has 4 rings (SSSR count). The van der Waals surface area contributed by atoms with E-state index in [2.05, 4.69) is 55.0 Å². The van der Waals surface area contributed by atoms with Crippen LogP contribution in [0.1, 0.15) is 47.0 Å². The Morgan fingerprint density at radius 1 is 1.11 bits per heavy atom. The van der Waals surface area contributed by atoms with Crippen LogP contribution < -0.4 is 21.3 Å². The molecule has 27 heavy (non-hydrogen) atoms. The lowest BCUT2D eigenvalue weighted by Gasteiger charge is -2.41. The summed E-state index contributed by atoms with van der Waals surface area (Å²) in [4.78, 5) is 4.81. The van der Waals surface area contributed by atoms with Crippen molar-refractivity contribution >= 4 is 11.6 Å². The second-order valence-electron chi connectivity index (χ2n) is 9.34. The summed E-state index contributed by atoms with van der Waals surface area (Å²) in [5.74, 6) is 2.61. The first kappa shape index (κ1) is 18.4. The highest BCUT2D eigenvalue weighted by Gasteiger charge is 2.61. The molecule has 1 aromatic rings. The van der Waals surface area contributed by atoms with E-state index in [9.17, 15) is 0 Å². The van der Waals surface area contributed by atoms with E-state index in [1.165, 1.54) is 19.3 Å². The number of likely N-dealkylation sites (N-methyl/N-ethyl adjacent to an activating group) is 1. The zero-order valence-electron chi connectivity index (χ0n) is 17.2. The molecule has 1 aromatic carbocycles. The van der Waals surface area contributed by atoms with E-state index >= 15 is 0 Å². The van der Waals surface area contributed by atoms with Gasteiger partial charge >= 0.3 is 0 Å². The molecule has 2 aliphatic carbocycles. The van der Waals surface area contributed by atoms with Crippen LogP contribution >= 0.6 is 0 Å². The number of anilines is 1. The summed E-state index contributed by atoms with van der Waals surface area (Å²) in [6.45, 7) is 9.47. The zero-order valence-corrected chi connectivity index (χ0v) is 17.2. The summed E-state index contributed by atoms with van der Waals surface area (Å²) in [7, 11) is 1.95. The maximum absolute atomic E-state index is 4.81. The third-order valence-electron chi connectivity index (χ3n) is 7.69. The normalized spacial score (nSPS) is 36.6. The smallest absolute Gasteiger partial charge is 0.203 e. The lowest BCUT2D eigenvalue weighted by atomic mass is 9.69. The molecule has 2 fully saturated rings. The average Bonchev–Trinajstić information content (AvgIpc) is 2.96. The van der Waals surface area contributed by atoms with E-state index in [0.29, 0.717) is 16.9 Å². The fourth-order valence-corrected chi connectivity index (χ4v) is 5.27. The Labute approximate surface area is 163 Å². The Morgan fingerprint density at radius 3 is 2.44 bits per heavy atom. The SMILES string of the molecule is CNC1(C)C=C(NC2CC3CCC2(C)C3(C)C)NC(Nc2ccccc2)=N1. The third kappa shape index (κ3) is 3.02. The van der Waals surface area contributed by atoms with Gasteiger partial charge in [-0.2, -0.15) is 0 Å². The van der Waals surface area contributed by atoms with E-state index in [1.807, 2.05) is 37.4 Å². The Bertz CT molecular complexity index is 768. The summed E-state index contributed by atoms with van der Waals surface area (Å²) in [6.07, 6.45) is 6.08. The van der Waals surface area contributed by atoms with Crippen LogP contribution in [0, 0.1) is 16.7 Å². The number of guanidine groups is 1. The fraction of sp³-hybridized carbons (Fsp3) is 0.591. The van der Waals surface area contributed by atoms with Gasteiger partial charge in [-0.3, -0.25) is 5.32 Å². The monoisotopic (exact) mass is 367 g/mol. The van der Waals surface area contributed by atoms with Crippen molar-refractivity contribution in [2.45, 2.75) is 58.7 Å². The molecule has 146 valence electrons. The number of rotatable bonds is 4. The van der Waals surface area contributed by atoms with Gasteiger partial charge < -0.3 is 16.0 Å². The Morgan fingerprint density at radius 2 is 1.85 bits per heavy atom. The zero-order chi connectivity index (χ0) is 19.3. The number of benzene rings is 1. The molecule has 1 heterocycles. The molecule has 0 radical (unpaired) electrons. The highest BCUT2D eigenvalue weighted by atomic mass is 15.3. The number of aliphatic imine (C=N–C) groups is 1. The van der Waals surface area contributed by atoms with E-state index < -0.39 is 5.66 Å². The minimum atomic E-state index is -0.446. The number of nitrogens with zero attached hydrogens (tertiary/aromatic N) is 1. The molecule has 0 spiro atoms. The van der Waals surface area contributed by atoms with Gasteiger partial charge in [0.2, 0.25) is 5.96 Å². The molecule has 2 saturated carbocycles. The molecule has 4 N–H and O–H groups in total. The second-order valence-corrected chi connectivity index (χ2v) is 9.34. The Balaban J connectivity index is 1.53. The molecule has 0 saturated heterocycles. The largest absolute Gasteiger partial charge is 0.368 e. The van der Waals surface area contributed by atoms with Crippen LogP contribution in [0.15, 0.2) is 47.2 Å². The Hall–Kier alpha value is -2.01. The van der Waals surface area contributed by atoms with E-state index in [1.54, 1.807) is 0 Å². The van der Waals surface area contributed by atoms with Gasteiger partial charge in [-0.25, -0.2) is 4.99 Å². The lowest BCUT2D eigenvalue weighted by molar-refractivity contribution is 0.125. The molecule has 0 amide bonds. The molecular weight excluding hydrogens is 334 g/mol. The molecule has 4 atom stereocenters. The van der Waals surface area contributed by atoms with Gasteiger partial charge in [-0.1, -0.05) is 39.0 Å². The summed E-state index contributed by atoms with van der Waals surface area (Å²) in [6, 6.07) is 10.6. The highest BCUT2D eigenvalue weighted by Crippen LogP contribution is 2.65. The number of fused-ring (bicyclic) bond motifs is 2. The number of hydrogen-bond acceptors (Lipinski definition) is 5. The van der Waals surface area contributed by atoms with Gasteiger partial charge in [0.05, 0.1) is 0 Å². The first-order valence-electron chi connectivity index (χ1n) is 10.1. The van der Waals surface area contributed by atoms with Gasteiger partial charge in [0.25, 0.3) is 0 Å². The molecule has 4 unspecified atom stereocenters. The Kier molecular flexibility index (Phi) is 4.26. The first-order chi connectivity index (χ1) is 12.8. The molecule has 1 aliphatic heterocycles. The van der Waals surface area contributed by atoms with Gasteiger partial charge in [-0.15, -0.1) is 0 Å². The maximum Gasteiger partial charge on any atom is 0.203 e. The van der Waals surface area contributed by atoms with Crippen LogP contribution in [0.4, 0.5) is 5.69 Å². The van der Waals surface area contributed by atoms with Crippen molar-refractivity contribution in [2.24, 2.45) is 21.7 Å². The first-order valence-corrected chi connectivity index (χ1v) is 10.1. The average molecular weight is 368 g/mol. The van der Waals surface area contributed by atoms with Crippen molar-refractivity contribution in [3.63, 3.8) is 0 Å². The van der Waals surface area contributed by atoms with E-state index in [0.717, 1.165) is 23.4 Å². The summed E-state index contributed by atoms with van der Waals surface area (Å²) < 4.78 is 0. The number of hydrogen-bond donors (Lipinski definition) is 4. The molecule has 5 nitrogen and oxygen atoms in total. The predicted octanol–water partition coefficient (Wildman–Crippen LogP) is 3.64. The van der Waals surface area contributed by atoms with E-state index in [-0.39, 0.29) is 0 Å². The minimum Gasteiger partial charge on any atom is -0.368 e. The number of nitrogens with one attached hydrogen (secondary N) is 4. The van der Waals surface area contributed by atoms with Crippen molar-refractivity contribution in [3.8, 4) is 0 Å². The second kappa shape index (κ2) is 6.26.